The van der Waals surface area contributed by atoms with Gasteiger partial charge in [0.05, 0.1) is 16.2 Å². The van der Waals surface area contributed by atoms with Crippen LogP contribution in [0.3, 0.4) is 0 Å². The van der Waals surface area contributed by atoms with E-state index in [-0.39, 0.29) is 11.6 Å². The number of nitrogens with zero attached hydrogens (tertiary/aromatic N) is 1. The van der Waals surface area contributed by atoms with Crippen LogP contribution in [0.4, 0.5) is 11.4 Å². The summed E-state index contributed by atoms with van der Waals surface area (Å²) in [6, 6.07) is 6.58. The van der Waals surface area contributed by atoms with E-state index in [1.54, 1.807) is 36.5 Å². The number of carbonyl (C=O) groups excluding carboxylic acids is 1. The average molecular weight is 302 g/mol. The third-order valence-electron chi connectivity index (χ3n) is 3.05. The number of nitro benzene ring substituents is 1. The van der Waals surface area contributed by atoms with Gasteiger partial charge in [-0.15, -0.1) is 11.3 Å². The molecule has 0 bridgehead atoms. The Kier molecular flexibility index (Phi) is 4.49. The van der Waals surface area contributed by atoms with Crippen LogP contribution in [-0.4, -0.2) is 10.8 Å². The topological polar surface area (TPSA) is 72.2 Å². The zero-order chi connectivity index (χ0) is 15.4. The number of amides is 1. The highest BCUT2D eigenvalue weighted by molar-refractivity contribution is 7.11. The van der Waals surface area contributed by atoms with Gasteiger partial charge in [0.25, 0.3) is 5.69 Å². The van der Waals surface area contributed by atoms with E-state index in [2.05, 4.69) is 5.32 Å². The molecule has 0 atom stereocenters. The van der Waals surface area contributed by atoms with E-state index in [0.29, 0.717) is 11.3 Å². The largest absolute Gasteiger partial charge is 0.322 e. The maximum Gasteiger partial charge on any atom is 0.274 e. The first kappa shape index (κ1) is 14.9. The first-order chi connectivity index (χ1) is 9.99. The lowest BCUT2D eigenvalue weighted by Crippen LogP contribution is -2.09. The summed E-state index contributed by atoms with van der Waals surface area (Å²) < 4.78 is 0. The van der Waals surface area contributed by atoms with Gasteiger partial charge in [0.2, 0.25) is 5.91 Å². The molecule has 2 aromatic rings. The van der Waals surface area contributed by atoms with Crippen LogP contribution >= 0.6 is 11.3 Å². The molecule has 1 amide bonds. The molecule has 0 radical (unpaired) electrons. The number of aryl methyl sites for hydroxylation is 1. The van der Waals surface area contributed by atoms with Crippen molar-refractivity contribution in [3.63, 3.8) is 0 Å². The summed E-state index contributed by atoms with van der Waals surface area (Å²) in [6.07, 6.45) is 3.17. The molecule has 1 aromatic heterocycles. The first-order valence-electron chi connectivity index (χ1n) is 6.26. The van der Waals surface area contributed by atoms with Crippen LogP contribution < -0.4 is 5.32 Å². The normalized spacial score (nSPS) is 10.8. The molecule has 5 nitrogen and oxygen atoms in total. The molecule has 1 aromatic carbocycles. The predicted octanol–water partition coefficient (Wildman–Crippen LogP) is 3.93. The predicted molar refractivity (Wildman–Crippen MR) is 84.6 cm³/mol. The van der Waals surface area contributed by atoms with E-state index >= 15 is 0 Å². The molecule has 2 rings (SSSR count). The maximum absolute atomic E-state index is 11.9. The highest BCUT2D eigenvalue weighted by atomic mass is 32.1. The number of hydrogen-bond donors (Lipinski definition) is 1. The van der Waals surface area contributed by atoms with Gasteiger partial charge < -0.3 is 5.32 Å². The van der Waals surface area contributed by atoms with Gasteiger partial charge in [-0.25, -0.2) is 0 Å². The van der Waals surface area contributed by atoms with Crippen molar-refractivity contribution in [2.45, 2.75) is 13.8 Å². The van der Waals surface area contributed by atoms with Crippen molar-refractivity contribution in [2.75, 3.05) is 5.32 Å². The molecule has 0 unspecified atom stereocenters. The van der Waals surface area contributed by atoms with Crippen LogP contribution in [0.15, 0.2) is 35.7 Å². The van der Waals surface area contributed by atoms with Gasteiger partial charge in [0.15, 0.2) is 0 Å². The molecular formula is C15H14N2O3S. The summed E-state index contributed by atoms with van der Waals surface area (Å²) in [5, 5.41) is 15.5. The number of rotatable bonds is 4. The van der Waals surface area contributed by atoms with Gasteiger partial charge in [-0.05, 0) is 43.0 Å². The molecule has 0 saturated heterocycles. The fraction of sp³-hybridized carbons (Fsp3) is 0.133. The van der Waals surface area contributed by atoms with Crippen LogP contribution in [0, 0.1) is 24.0 Å². The highest BCUT2D eigenvalue weighted by Gasteiger charge is 2.13. The summed E-state index contributed by atoms with van der Waals surface area (Å²) >= 11 is 1.55. The lowest BCUT2D eigenvalue weighted by molar-refractivity contribution is -0.385. The number of carbonyl (C=O) groups is 1. The van der Waals surface area contributed by atoms with Gasteiger partial charge in [-0.2, -0.15) is 0 Å². The Morgan fingerprint density at radius 1 is 1.33 bits per heavy atom. The Labute approximate surface area is 126 Å². The van der Waals surface area contributed by atoms with E-state index in [4.69, 9.17) is 0 Å². The van der Waals surface area contributed by atoms with Gasteiger partial charge in [0.1, 0.15) is 0 Å². The number of hydrogen-bond acceptors (Lipinski definition) is 4. The number of nitro groups is 1. The number of nitrogens with one attached hydrogen (secondary N) is 1. The summed E-state index contributed by atoms with van der Waals surface area (Å²) in [6.45, 7) is 3.58. The Hall–Kier alpha value is -2.47. The monoisotopic (exact) mass is 302 g/mol. The third-order valence-corrected chi connectivity index (χ3v) is 4.03. The van der Waals surface area contributed by atoms with Crippen LogP contribution in [0.1, 0.15) is 16.0 Å². The van der Waals surface area contributed by atoms with Gasteiger partial charge >= 0.3 is 0 Å². The van der Waals surface area contributed by atoms with Crippen LogP contribution in [0.5, 0.6) is 0 Å². The fourth-order valence-electron chi connectivity index (χ4n) is 1.84. The van der Waals surface area contributed by atoms with E-state index in [1.807, 2.05) is 18.4 Å². The first-order valence-corrected chi connectivity index (χ1v) is 7.14. The van der Waals surface area contributed by atoms with E-state index in [0.717, 1.165) is 10.4 Å². The van der Waals surface area contributed by atoms with Crippen LogP contribution in [-0.2, 0) is 4.79 Å². The van der Waals surface area contributed by atoms with E-state index < -0.39 is 4.92 Å². The molecule has 0 fully saturated rings. The van der Waals surface area contributed by atoms with E-state index in [9.17, 15) is 14.9 Å². The smallest absolute Gasteiger partial charge is 0.274 e. The minimum atomic E-state index is -0.462. The Morgan fingerprint density at radius 3 is 2.71 bits per heavy atom. The summed E-state index contributed by atoms with van der Waals surface area (Å²) in [5.74, 6) is -0.314. The van der Waals surface area contributed by atoms with Crippen LogP contribution in [0.2, 0.25) is 0 Å². The molecule has 1 N–H and O–H groups in total. The van der Waals surface area contributed by atoms with Crippen molar-refractivity contribution in [1.29, 1.82) is 0 Å². The Balaban J connectivity index is 2.13. The summed E-state index contributed by atoms with van der Waals surface area (Å²) in [5.41, 5.74) is 1.99. The van der Waals surface area contributed by atoms with Crippen molar-refractivity contribution in [1.82, 2.24) is 0 Å². The number of anilines is 1. The van der Waals surface area contributed by atoms with Crippen molar-refractivity contribution >= 4 is 34.7 Å². The Bertz CT molecular complexity index is 719. The summed E-state index contributed by atoms with van der Waals surface area (Å²) in [7, 11) is 0. The second-order valence-electron chi connectivity index (χ2n) is 4.50. The SMILES string of the molecule is Cc1ccsc1/C=C/C(=O)Nc1cccc([N+](=O)[O-])c1C. The van der Waals surface area contributed by atoms with Crippen molar-refractivity contribution in [2.24, 2.45) is 0 Å². The number of thiophene rings is 1. The van der Waals surface area contributed by atoms with Gasteiger partial charge in [-0.1, -0.05) is 6.07 Å². The quantitative estimate of drug-likeness (QED) is 0.528. The minimum absolute atomic E-state index is 0.00844. The second kappa shape index (κ2) is 6.32. The average Bonchev–Trinajstić information content (AvgIpc) is 2.84. The lowest BCUT2D eigenvalue weighted by Gasteiger charge is -2.06. The Morgan fingerprint density at radius 2 is 2.10 bits per heavy atom. The second-order valence-corrected chi connectivity index (χ2v) is 5.44. The molecule has 0 saturated carbocycles. The summed E-state index contributed by atoms with van der Waals surface area (Å²) in [4.78, 5) is 23.3. The van der Waals surface area contributed by atoms with Gasteiger partial charge in [-0.3, -0.25) is 14.9 Å². The highest BCUT2D eigenvalue weighted by Crippen LogP contribution is 2.25. The molecule has 0 aliphatic carbocycles. The fourth-order valence-corrected chi connectivity index (χ4v) is 2.66. The molecule has 0 aliphatic rings. The number of benzene rings is 1. The maximum atomic E-state index is 11.9. The van der Waals surface area contributed by atoms with Crippen LogP contribution in [0.25, 0.3) is 6.08 Å². The van der Waals surface area contributed by atoms with Crippen molar-refractivity contribution < 1.29 is 9.72 Å². The molecule has 0 spiro atoms. The molecule has 6 heteroatoms. The molecular weight excluding hydrogens is 288 g/mol. The zero-order valence-corrected chi connectivity index (χ0v) is 12.4. The lowest BCUT2D eigenvalue weighted by atomic mass is 10.1. The standard InChI is InChI=1S/C15H14N2O3S/c1-10-8-9-21-14(10)6-7-15(18)16-12-4-3-5-13(11(12)2)17(19)20/h3-9H,1-2H3,(H,16,18)/b7-6+. The minimum Gasteiger partial charge on any atom is -0.322 e. The van der Waals surface area contributed by atoms with E-state index in [1.165, 1.54) is 12.1 Å². The zero-order valence-electron chi connectivity index (χ0n) is 11.6. The molecule has 21 heavy (non-hydrogen) atoms. The molecule has 1 heterocycles. The third kappa shape index (κ3) is 3.55. The molecule has 108 valence electrons. The molecule has 0 aliphatic heterocycles. The van der Waals surface area contributed by atoms with Gasteiger partial charge in [0, 0.05) is 17.0 Å². The van der Waals surface area contributed by atoms with Crippen molar-refractivity contribution in [3.8, 4) is 0 Å². The van der Waals surface area contributed by atoms with Crippen molar-refractivity contribution in [3.05, 3.63) is 61.8 Å².